The van der Waals surface area contributed by atoms with Gasteiger partial charge >= 0.3 is 0 Å². The number of aromatic nitrogens is 6. The standard InChI is InChI=1S/C18H12N6O2S/c1-2-5-12(6-3-1)24-17-13(9-21-24)18(20-11-19-17)27-10-15-22-16(23-26-15)14-7-4-8-25-14/h1-9,11H,10H2. The van der Waals surface area contributed by atoms with E-state index in [0.717, 1.165) is 21.7 Å². The minimum atomic E-state index is 0.431. The zero-order valence-electron chi connectivity index (χ0n) is 13.9. The lowest BCUT2D eigenvalue weighted by Crippen LogP contribution is -1.97. The van der Waals surface area contributed by atoms with E-state index in [0.29, 0.717) is 23.2 Å². The van der Waals surface area contributed by atoms with E-state index in [4.69, 9.17) is 8.94 Å². The zero-order chi connectivity index (χ0) is 18.1. The molecule has 1 aromatic carbocycles. The fourth-order valence-corrected chi connectivity index (χ4v) is 3.44. The Balaban J connectivity index is 1.40. The Morgan fingerprint density at radius 3 is 2.81 bits per heavy atom. The third-order valence-corrected chi connectivity index (χ3v) is 4.86. The van der Waals surface area contributed by atoms with Crippen molar-refractivity contribution in [2.75, 3.05) is 0 Å². The Kier molecular flexibility index (Phi) is 3.91. The van der Waals surface area contributed by atoms with Gasteiger partial charge < -0.3 is 8.94 Å². The molecule has 0 radical (unpaired) electrons. The van der Waals surface area contributed by atoms with Gasteiger partial charge in [0.1, 0.15) is 11.4 Å². The summed E-state index contributed by atoms with van der Waals surface area (Å²) in [6.45, 7) is 0. The van der Waals surface area contributed by atoms with Gasteiger partial charge in [-0.15, -0.1) is 0 Å². The lowest BCUT2D eigenvalue weighted by molar-refractivity contribution is 0.390. The van der Waals surface area contributed by atoms with E-state index < -0.39 is 0 Å². The van der Waals surface area contributed by atoms with E-state index >= 15 is 0 Å². The van der Waals surface area contributed by atoms with Crippen LogP contribution in [0.1, 0.15) is 5.89 Å². The van der Waals surface area contributed by atoms with Crippen LogP contribution < -0.4 is 0 Å². The maximum atomic E-state index is 5.29. The van der Waals surface area contributed by atoms with E-state index in [1.165, 1.54) is 18.1 Å². The lowest BCUT2D eigenvalue weighted by Gasteiger charge is -2.03. The first kappa shape index (κ1) is 15.8. The SMILES string of the molecule is c1ccc(-n2ncc3c(SCc4nc(-c5ccco5)no4)ncnc32)cc1. The van der Waals surface area contributed by atoms with Gasteiger partial charge in [0, 0.05) is 0 Å². The Labute approximate surface area is 157 Å². The van der Waals surface area contributed by atoms with Crippen LogP contribution in [0, 0.1) is 0 Å². The second-order valence-corrected chi connectivity index (χ2v) is 6.55. The van der Waals surface area contributed by atoms with Crippen LogP contribution in [0.3, 0.4) is 0 Å². The van der Waals surface area contributed by atoms with E-state index in [1.807, 2.05) is 30.3 Å². The van der Waals surface area contributed by atoms with Crippen LogP contribution in [0.4, 0.5) is 0 Å². The van der Waals surface area contributed by atoms with Crippen LogP contribution in [0.2, 0.25) is 0 Å². The summed E-state index contributed by atoms with van der Waals surface area (Å²) < 4.78 is 12.4. The van der Waals surface area contributed by atoms with Gasteiger partial charge in [0.25, 0.3) is 0 Å². The first-order valence-electron chi connectivity index (χ1n) is 8.12. The summed E-state index contributed by atoms with van der Waals surface area (Å²) in [4.78, 5) is 13.1. The predicted octanol–water partition coefficient (Wildman–Crippen LogP) is 3.75. The third-order valence-electron chi connectivity index (χ3n) is 3.87. The van der Waals surface area contributed by atoms with E-state index in [2.05, 4.69) is 25.2 Å². The molecule has 9 heteroatoms. The highest BCUT2D eigenvalue weighted by molar-refractivity contribution is 7.98. The van der Waals surface area contributed by atoms with Crippen LogP contribution >= 0.6 is 11.8 Å². The number of fused-ring (bicyclic) bond motifs is 1. The molecule has 4 aromatic heterocycles. The molecular weight excluding hydrogens is 364 g/mol. The number of furan rings is 1. The second kappa shape index (κ2) is 6.69. The van der Waals surface area contributed by atoms with Crippen LogP contribution in [0.5, 0.6) is 0 Å². The molecule has 132 valence electrons. The zero-order valence-corrected chi connectivity index (χ0v) is 14.7. The molecule has 5 aromatic rings. The van der Waals surface area contributed by atoms with Gasteiger partial charge in [0.05, 0.1) is 29.3 Å². The molecule has 8 nitrogen and oxygen atoms in total. The van der Waals surface area contributed by atoms with Gasteiger partial charge in [-0.3, -0.25) is 0 Å². The molecule has 0 fully saturated rings. The highest BCUT2D eigenvalue weighted by Gasteiger charge is 2.14. The van der Waals surface area contributed by atoms with E-state index in [1.54, 1.807) is 29.3 Å². The quantitative estimate of drug-likeness (QED) is 0.338. The molecule has 4 heterocycles. The topological polar surface area (TPSA) is 95.7 Å². The highest BCUT2D eigenvalue weighted by Crippen LogP contribution is 2.28. The summed E-state index contributed by atoms with van der Waals surface area (Å²) >= 11 is 1.49. The van der Waals surface area contributed by atoms with Gasteiger partial charge in [-0.25, -0.2) is 14.6 Å². The molecule has 0 aliphatic rings. The van der Waals surface area contributed by atoms with Crippen molar-refractivity contribution in [3.8, 4) is 17.3 Å². The average molecular weight is 376 g/mol. The second-order valence-electron chi connectivity index (χ2n) is 5.59. The number of hydrogen-bond acceptors (Lipinski definition) is 8. The minimum absolute atomic E-state index is 0.431. The van der Waals surface area contributed by atoms with Gasteiger partial charge in [-0.05, 0) is 24.3 Å². The first-order valence-corrected chi connectivity index (χ1v) is 9.10. The molecule has 0 bridgehead atoms. The summed E-state index contributed by atoms with van der Waals surface area (Å²) in [6, 6.07) is 13.4. The van der Waals surface area contributed by atoms with Crippen molar-refractivity contribution in [3.63, 3.8) is 0 Å². The summed E-state index contributed by atoms with van der Waals surface area (Å²) in [5.41, 5.74) is 1.70. The fourth-order valence-electron chi connectivity index (χ4n) is 2.65. The van der Waals surface area contributed by atoms with Gasteiger partial charge in [0.2, 0.25) is 11.7 Å². The molecule has 0 spiro atoms. The Bertz CT molecular complexity index is 1180. The number of thioether (sulfide) groups is 1. The number of rotatable bonds is 5. The van der Waals surface area contributed by atoms with Crippen LogP contribution in [0.15, 0.2) is 75.2 Å². The molecule has 0 saturated carbocycles. The fraction of sp³-hybridized carbons (Fsp3) is 0.0556. The van der Waals surface area contributed by atoms with Crippen LogP contribution in [0.25, 0.3) is 28.3 Å². The van der Waals surface area contributed by atoms with Crippen molar-refractivity contribution >= 4 is 22.8 Å². The van der Waals surface area contributed by atoms with Crippen molar-refractivity contribution in [1.29, 1.82) is 0 Å². The van der Waals surface area contributed by atoms with Crippen LogP contribution in [-0.2, 0) is 5.75 Å². The summed E-state index contributed by atoms with van der Waals surface area (Å²) in [6.07, 6.45) is 4.88. The Morgan fingerprint density at radius 1 is 1.04 bits per heavy atom. The van der Waals surface area contributed by atoms with E-state index in [-0.39, 0.29) is 0 Å². The Morgan fingerprint density at radius 2 is 1.96 bits per heavy atom. The minimum Gasteiger partial charge on any atom is -0.461 e. The number of nitrogens with zero attached hydrogens (tertiary/aromatic N) is 6. The van der Waals surface area contributed by atoms with Crippen molar-refractivity contribution < 1.29 is 8.94 Å². The molecule has 0 saturated heterocycles. The monoisotopic (exact) mass is 376 g/mol. The third kappa shape index (κ3) is 2.97. The van der Waals surface area contributed by atoms with Crippen LogP contribution in [-0.4, -0.2) is 29.9 Å². The largest absolute Gasteiger partial charge is 0.461 e. The highest BCUT2D eigenvalue weighted by atomic mass is 32.2. The summed E-state index contributed by atoms with van der Waals surface area (Å²) in [5, 5.41) is 10.1. The smallest absolute Gasteiger partial charge is 0.238 e. The van der Waals surface area contributed by atoms with Gasteiger partial charge in [-0.1, -0.05) is 35.1 Å². The normalized spacial score (nSPS) is 11.3. The van der Waals surface area contributed by atoms with Gasteiger partial charge in [-0.2, -0.15) is 10.1 Å². The molecular formula is C18H12N6O2S. The molecule has 0 aliphatic heterocycles. The molecule has 0 unspecified atom stereocenters. The Hall–Kier alpha value is -3.46. The number of para-hydroxylation sites is 1. The first-order chi connectivity index (χ1) is 13.4. The van der Waals surface area contributed by atoms with E-state index in [9.17, 15) is 0 Å². The molecule has 0 aliphatic carbocycles. The number of hydrogen-bond donors (Lipinski definition) is 0. The van der Waals surface area contributed by atoms with Crippen molar-refractivity contribution in [3.05, 3.63) is 67.1 Å². The molecule has 0 atom stereocenters. The van der Waals surface area contributed by atoms with Gasteiger partial charge in [0.15, 0.2) is 11.4 Å². The van der Waals surface area contributed by atoms with Crippen molar-refractivity contribution in [1.82, 2.24) is 29.9 Å². The molecule has 5 rings (SSSR count). The predicted molar refractivity (Wildman–Crippen MR) is 98.2 cm³/mol. The maximum absolute atomic E-state index is 5.29. The summed E-state index contributed by atoms with van der Waals surface area (Å²) in [5.74, 6) is 1.98. The summed E-state index contributed by atoms with van der Waals surface area (Å²) in [7, 11) is 0. The number of benzene rings is 1. The maximum Gasteiger partial charge on any atom is 0.238 e. The molecule has 27 heavy (non-hydrogen) atoms. The lowest BCUT2D eigenvalue weighted by atomic mass is 10.3. The van der Waals surface area contributed by atoms with Crippen molar-refractivity contribution in [2.24, 2.45) is 0 Å². The molecule has 0 amide bonds. The van der Waals surface area contributed by atoms with Crippen molar-refractivity contribution in [2.45, 2.75) is 10.8 Å². The average Bonchev–Trinajstić information content (AvgIpc) is 3.47. The molecule has 0 N–H and O–H groups in total.